The minimum absolute atomic E-state index is 0.0937. The molecule has 15 heavy (non-hydrogen) atoms. The van der Waals surface area contributed by atoms with Gasteiger partial charge >= 0.3 is 0 Å². The fraction of sp³-hybridized carbons (Fsp3) is 0.600. The van der Waals surface area contributed by atoms with E-state index in [1.807, 2.05) is 11.4 Å². The Balaban J connectivity index is 2.23. The van der Waals surface area contributed by atoms with Gasteiger partial charge in [0.1, 0.15) is 0 Å². The van der Waals surface area contributed by atoms with Gasteiger partial charge in [-0.15, -0.1) is 11.3 Å². The van der Waals surface area contributed by atoms with Crippen molar-refractivity contribution in [3.63, 3.8) is 0 Å². The Kier molecular flexibility index (Phi) is 5.63. The first kappa shape index (κ1) is 12.4. The zero-order valence-corrected chi connectivity index (χ0v) is 9.97. The van der Waals surface area contributed by atoms with Crippen LogP contribution in [0.25, 0.3) is 0 Å². The van der Waals surface area contributed by atoms with Crippen molar-refractivity contribution in [1.82, 2.24) is 5.32 Å². The van der Waals surface area contributed by atoms with Crippen molar-refractivity contribution in [2.24, 2.45) is 0 Å². The lowest BCUT2D eigenvalue weighted by Crippen LogP contribution is -2.31. The second-order valence-electron chi connectivity index (χ2n) is 3.24. The molecule has 0 aliphatic rings. The molecule has 1 heterocycles. The Hall–Kier alpha value is -0.620. The molecule has 0 aliphatic carbocycles. The monoisotopic (exact) mass is 230 g/mol. The summed E-state index contributed by atoms with van der Waals surface area (Å²) in [4.78, 5) is 1.17. The minimum Gasteiger partial charge on any atom is -0.398 e. The van der Waals surface area contributed by atoms with Crippen molar-refractivity contribution in [2.75, 3.05) is 33.1 Å². The number of nitrogens with two attached hydrogens (primary N) is 1. The number of thiophene rings is 1. The number of hydrogen-bond acceptors (Lipinski definition) is 5. The lowest BCUT2D eigenvalue weighted by Gasteiger charge is -2.14. The van der Waals surface area contributed by atoms with Crippen LogP contribution >= 0.6 is 11.3 Å². The van der Waals surface area contributed by atoms with Crippen molar-refractivity contribution in [2.45, 2.75) is 12.6 Å². The van der Waals surface area contributed by atoms with Crippen molar-refractivity contribution in [3.05, 3.63) is 16.3 Å². The maximum Gasteiger partial charge on any atom is 0.0928 e. The maximum absolute atomic E-state index is 5.76. The van der Waals surface area contributed by atoms with Crippen LogP contribution in [-0.4, -0.2) is 33.5 Å². The van der Waals surface area contributed by atoms with Crippen LogP contribution in [0.15, 0.2) is 11.4 Å². The molecule has 1 rings (SSSR count). The molecule has 4 nitrogen and oxygen atoms in total. The molecule has 1 unspecified atom stereocenters. The van der Waals surface area contributed by atoms with Gasteiger partial charge in [0.05, 0.1) is 12.7 Å². The van der Waals surface area contributed by atoms with Crippen molar-refractivity contribution in [1.29, 1.82) is 0 Å². The van der Waals surface area contributed by atoms with Crippen LogP contribution in [0.5, 0.6) is 0 Å². The number of methoxy groups -OCH3 is 2. The Morgan fingerprint density at radius 1 is 1.53 bits per heavy atom. The summed E-state index contributed by atoms with van der Waals surface area (Å²) in [5.41, 5.74) is 6.62. The second-order valence-corrected chi connectivity index (χ2v) is 4.24. The number of ether oxygens (including phenoxy) is 2. The normalized spacial score (nSPS) is 12.9. The molecule has 1 atom stereocenters. The maximum atomic E-state index is 5.76. The third-order valence-electron chi connectivity index (χ3n) is 2.12. The van der Waals surface area contributed by atoms with Crippen LogP contribution in [0.2, 0.25) is 0 Å². The van der Waals surface area contributed by atoms with Gasteiger partial charge in [0.25, 0.3) is 0 Å². The molecule has 0 saturated heterocycles. The molecule has 5 heteroatoms. The topological polar surface area (TPSA) is 56.5 Å². The zero-order chi connectivity index (χ0) is 11.1. The molecule has 0 fully saturated rings. The highest BCUT2D eigenvalue weighted by molar-refractivity contribution is 7.10. The number of nitrogen functional groups attached to an aromatic ring is 1. The van der Waals surface area contributed by atoms with Gasteiger partial charge in [-0.3, -0.25) is 0 Å². The predicted octanol–water partition coefficient (Wildman–Crippen LogP) is 1.08. The van der Waals surface area contributed by atoms with Crippen LogP contribution < -0.4 is 11.1 Å². The van der Waals surface area contributed by atoms with E-state index in [-0.39, 0.29) is 6.10 Å². The van der Waals surface area contributed by atoms with Crippen molar-refractivity contribution in [3.8, 4) is 0 Å². The van der Waals surface area contributed by atoms with Gasteiger partial charge in [-0.1, -0.05) is 0 Å². The van der Waals surface area contributed by atoms with Gasteiger partial charge < -0.3 is 20.5 Å². The Labute approximate surface area is 94.4 Å². The molecule has 0 radical (unpaired) electrons. The van der Waals surface area contributed by atoms with Gasteiger partial charge in [-0.25, -0.2) is 0 Å². The number of nitrogens with one attached hydrogen (secondary N) is 1. The van der Waals surface area contributed by atoms with Gasteiger partial charge in [-0.05, 0) is 11.4 Å². The molecule has 3 N–H and O–H groups in total. The third-order valence-corrected chi connectivity index (χ3v) is 3.06. The van der Waals surface area contributed by atoms with E-state index in [0.717, 1.165) is 18.8 Å². The van der Waals surface area contributed by atoms with E-state index >= 15 is 0 Å². The van der Waals surface area contributed by atoms with Gasteiger partial charge in [-0.2, -0.15) is 0 Å². The van der Waals surface area contributed by atoms with Crippen LogP contribution in [0, 0.1) is 0 Å². The molecule has 0 amide bonds. The lowest BCUT2D eigenvalue weighted by molar-refractivity contribution is 0.0288. The summed E-state index contributed by atoms with van der Waals surface area (Å²) in [6, 6.07) is 1.92. The largest absolute Gasteiger partial charge is 0.398 e. The van der Waals surface area contributed by atoms with Crippen molar-refractivity contribution < 1.29 is 9.47 Å². The van der Waals surface area contributed by atoms with Crippen molar-refractivity contribution >= 4 is 17.0 Å². The van der Waals surface area contributed by atoms with E-state index in [1.165, 1.54) is 4.88 Å². The SMILES string of the molecule is COCC(CNCc1sccc1N)OC. The standard InChI is InChI=1S/C10H18N2O2S/c1-13-7-8(14-2)5-12-6-10-9(11)3-4-15-10/h3-4,8,12H,5-7,11H2,1-2H3. The summed E-state index contributed by atoms with van der Waals surface area (Å²) < 4.78 is 10.2. The van der Waals surface area contributed by atoms with E-state index in [0.29, 0.717) is 6.61 Å². The Morgan fingerprint density at radius 2 is 2.33 bits per heavy atom. The summed E-state index contributed by atoms with van der Waals surface area (Å²) >= 11 is 1.66. The van der Waals surface area contributed by atoms with Crippen LogP contribution in [0.4, 0.5) is 5.69 Å². The van der Waals surface area contributed by atoms with Gasteiger partial charge in [0.15, 0.2) is 0 Å². The first-order valence-electron chi connectivity index (χ1n) is 4.82. The first-order chi connectivity index (χ1) is 7.27. The predicted molar refractivity (Wildman–Crippen MR) is 63.1 cm³/mol. The molecule has 0 saturated carbocycles. The molecule has 0 bridgehead atoms. The van der Waals surface area contributed by atoms with E-state index in [1.54, 1.807) is 25.6 Å². The first-order valence-corrected chi connectivity index (χ1v) is 5.70. The highest BCUT2D eigenvalue weighted by Crippen LogP contribution is 2.17. The summed E-state index contributed by atoms with van der Waals surface area (Å²) in [5, 5.41) is 5.29. The molecular weight excluding hydrogens is 212 g/mol. The van der Waals surface area contributed by atoms with Crippen LogP contribution in [0.1, 0.15) is 4.88 Å². The fourth-order valence-corrected chi connectivity index (χ4v) is 2.01. The van der Waals surface area contributed by atoms with E-state index < -0.39 is 0 Å². The smallest absolute Gasteiger partial charge is 0.0928 e. The minimum atomic E-state index is 0.0937. The van der Waals surface area contributed by atoms with E-state index in [9.17, 15) is 0 Å². The molecule has 0 aliphatic heterocycles. The highest BCUT2D eigenvalue weighted by atomic mass is 32.1. The molecule has 86 valence electrons. The average Bonchev–Trinajstić information content (AvgIpc) is 2.63. The molecular formula is C10H18N2O2S. The molecule has 0 aromatic carbocycles. The van der Waals surface area contributed by atoms with Crippen LogP contribution in [0.3, 0.4) is 0 Å². The molecule has 1 aromatic rings. The summed E-state index contributed by atoms with van der Waals surface area (Å²) in [7, 11) is 3.36. The van der Waals surface area contributed by atoms with Gasteiger partial charge in [0.2, 0.25) is 0 Å². The van der Waals surface area contributed by atoms with Crippen LogP contribution in [-0.2, 0) is 16.0 Å². The van der Waals surface area contributed by atoms with E-state index in [2.05, 4.69) is 5.32 Å². The average molecular weight is 230 g/mol. The molecule has 0 spiro atoms. The number of hydrogen-bond donors (Lipinski definition) is 2. The number of rotatable bonds is 7. The number of anilines is 1. The Bertz CT molecular complexity index is 278. The second kappa shape index (κ2) is 6.79. The zero-order valence-electron chi connectivity index (χ0n) is 9.16. The fourth-order valence-electron chi connectivity index (χ4n) is 1.24. The summed E-state index contributed by atoms with van der Waals surface area (Å²) in [5.74, 6) is 0. The third kappa shape index (κ3) is 4.17. The van der Waals surface area contributed by atoms with Gasteiger partial charge in [0, 0.05) is 37.9 Å². The van der Waals surface area contributed by atoms with E-state index in [4.69, 9.17) is 15.2 Å². The molecule has 1 aromatic heterocycles. The quantitative estimate of drug-likeness (QED) is 0.736. The highest BCUT2D eigenvalue weighted by Gasteiger charge is 2.06. The lowest BCUT2D eigenvalue weighted by atomic mass is 10.3. The Morgan fingerprint density at radius 3 is 2.87 bits per heavy atom. The summed E-state index contributed by atoms with van der Waals surface area (Å²) in [6.45, 7) is 2.15. The summed E-state index contributed by atoms with van der Waals surface area (Å²) in [6.07, 6.45) is 0.0937.